The molecule has 81 heavy (non-hydrogen) atoms. The second-order valence-electron chi connectivity index (χ2n) is 27.5. The van der Waals surface area contributed by atoms with E-state index in [1.165, 1.54) is 37.7 Å². The van der Waals surface area contributed by atoms with Crippen LogP contribution < -0.4 is 30.2 Å². The van der Waals surface area contributed by atoms with Crippen LogP contribution in [0.5, 0.6) is 23.0 Å². The Bertz CT molecular complexity index is 2820. The maximum atomic E-state index is 15.9. The standard InChI is InChI=1S/C69H94N4O8/c1-5-45-20-22-51-52(17-13-34-74)54-18-11-30-69(54)50-38-57(73-64(71-3)72-33-12-16-49-15-10-29-67(49,62(76)25-23-55(69)53(51)36-45)40-46-21-24-58(75)60(37-46)78-4)63-61(39-50)80-66(44-70-2)41-48(42-68(77)31-26-47-14-9-19-59(47)81-68)56(43-66)65(32-35-79-63)27-7-6-8-28-65/h21,23-25,37-39,45,47-49,51-56,59,70,74-75,77H,5-11,13-20,22,26-31,34,36,40-44H2,1-4H3,(H2,71,72,73)/b25-23+/t45-,47-,48-,49+,51-,52+,53+,54-,55+,56+,59-,66+,67-,68-,69+/m0/s1. The highest BCUT2D eigenvalue weighted by Gasteiger charge is 2.62. The molecule has 6 N–H and O–H groups in total. The van der Waals surface area contributed by atoms with Gasteiger partial charge in [-0.25, -0.2) is 0 Å². The zero-order chi connectivity index (χ0) is 56.0. The number of benzene rings is 2. The van der Waals surface area contributed by atoms with E-state index in [-0.39, 0.29) is 58.7 Å². The van der Waals surface area contributed by atoms with Gasteiger partial charge in [0.15, 0.2) is 28.8 Å². The Labute approximate surface area is 483 Å². The number of rotatable bonds is 11. The molecule has 12 heteroatoms. The second-order valence-corrected chi connectivity index (χ2v) is 27.5. The third kappa shape index (κ3) is 10.5. The molecular weight excluding hydrogens is 1010 g/mol. The topological polar surface area (TPSA) is 163 Å². The molecule has 1 saturated heterocycles. The van der Waals surface area contributed by atoms with E-state index in [0.29, 0.717) is 90.9 Å². The van der Waals surface area contributed by atoms with Crippen LogP contribution in [0, 0.1) is 94.0 Å². The molecule has 12 rings (SSSR count). The third-order valence-corrected chi connectivity index (χ3v) is 23.6. The van der Waals surface area contributed by atoms with Crippen molar-refractivity contribution in [3.05, 3.63) is 53.6 Å². The summed E-state index contributed by atoms with van der Waals surface area (Å²) in [5.74, 6) is 11.5. The lowest BCUT2D eigenvalue weighted by Crippen LogP contribution is -2.55. The van der Waals surface area contributed by atoms with Crippen molar-refractivity contribution in [2.75, 3.05) is 39.7 Å². The molecule has 8 fully saturated rings. The van der Waals surface area contributed by atoms with Crippen molar-refractivity contribution in [3.63, 3.8) is 0 Å². The van der Waals surface area contributed by atoms with Gasteiger partial charge in [0.2, 0.25) is 11.7 Å². The molecule has 0 radical (unpaired) electrons. The number of likely N-dealkylation sites (N-methyl/N-ethyl adjacent to an activating group) is 1. The van der Waals surface area contributed by atoms with Gasteiger partial charge in [0, 0.05) is 61.8 Å². The van der Waals surface area contributed by atoms with Gasteiger partial charge in [-0.1, -0.05) is 82.3 Å². The highest BCUT2D eigenvalue weighted by atomic mass is 16.6. The number of methoxy groups -OCH3 is 1. The molecule has 2 aromatic carbocycles. The van der Waals surface area contributed by atoms with E-state index >= 15 is 4.79 Å². The van der Waals surface area contributed by atoms with Crippen LogP contribution in [0.15, 0.2) is 47.5 Å². The summed E-state index contributed by atoms with van der Waals surface area (Å²) >= 11 is 0. The number of carbonyl (C=O) groups is 1. The fraction of sp³-hybridized carbons (Fsp3) is 0.710. The molecule has 3 heterocycles. The lowest BCUT2D eigenvalue weighted by Gasteiger charge is -2.59. The first kappa shape index (κ1) is 56.7. The van der Waals surface area contributed by atoms with E-state index < -0.39 is 16.8 Å². The number of aliphatic imine (C=N–C) groups is 1. The minimum atomic E-state index is -1.18. The molecule has 0 unspecified atom stereocenters. The van der Waals surface area contributed by atoms with Crippen LogP contribution in [0.2, 0.25) is 0 Å². The highest BCUT2D eigenvalue weighted by molar-refractivity contribution is 5.97. The lowest BCUT2D eigenvalue weighted by atomic mass is 9.45. The minimum Gasteiger partial charge on any atom is -0.504 e. The van der Waals surface area contributed by atoms with Crippen LogP contribution in [0.4, 0.5) is 5.69 Å². The van der Waals surface area contributed by atoms with Gasteiger partial charge in [0.1, 0.15) is 11.7 Å². The SMILES string of the molecule is CC[C@H]1CC[C@@H]2[C@@H](C1)[C@H]1/C=C/C(=O)[C@]3(Cc4ccc(O)c(OC)c4)CCC[C@@H]3CC#CNC(=NC)Nc3cc(cc4c3OC#CC3(CCCCC3)[C@@H]3C[C@@](CNC)(C[C@H]3C[C@]3(O)CC[C@@H]5CCC[C@@H]5O3)O4)[C@@]13CCC[C@H]3[C@@H]2CCCO. The van der Waals surface area contributed by atoms with Crippen LogP contribution in [-0.2, 0) is 21.4 Å². The maximum Gasteiger partial charge on any atom is 0.207 e. The van der Waals surface area contributed by atoms with E-state index in [2.05, 4.69) is 65.1 Å². The van der Waals surface area contributed by atoms with Gasteiger partial charge in [-0.3, -0.25) is 15.1 Å². The lowest BCUT2D eigenvalue weighted by molar-refractivity contribution is -0.272. The maximum absolute atomic E-state index is 15.9. The number of ketones is 1. The first-order chi connectivity index (χ1) is 39.4. The van der Waals surface area contributed by atoms with E-state index in [0.717, 1.165) is 127 Å². The normalized spacial score (nSPS) is 39.3. The number of guanidine groups is 1. The zero-order valence-electron chi connectivity index (χ0n) is 49.2. The Morgan fingerprint density at radius 3 is 2.60 bits per heavy atom. The van der Waals surface area contributed by atoms with Crippen LogP contribution in [-0.4, -0.2) is 78.9 Å². The summed E-state index contributed by atoms with van der Waals surface area (Å²) in [5.41, 5.74) is 0.843. The minimum absolute atomic E-state index is 0.00967. The quantitative estimate of drug-likeness (QED) is 0.119. The summed E-state index contributed by atoms with van der Waals surface area (Å²) in [6.45, 7) is 3.15. The molecule has 2 aromatic rings. The number of carbonyl (C=O) groups excluding carboxylic acids is 1. The first-order valence-electron chi connectivity index (χ1n) is 32.2. The summed E-state index contributed by atoms with van der Waals surface area (Å²) in [5, 5.41) is 44.7. The van der Waals surface area contributed by atoms with Gasteiger partial charge in [0.05, 0.1) is 18.9 Å². The number of phenolic OH excluding ortho intramolecular Hbond substituents is 1. The molecule has 12 nitrogen and oxygen atoms in total. The van der Waals surface area contributed by atoms with Crippen molar-refractivity contribution in [1.82, 2.24) is 10.6 Å². The molecule has 10 aliphatic rings. The van der Waals surface area contributed by atoms with Crippen LogP contribution in [0.25, 0.3) is 0 Å². The number of ether oxygens (including phenoxy) is 4. The van der Waals surface area contributed by atoms with Gasteiger partial charge in [-0.05, 0) is 210 Å². The number of nitrogens with one attached hydrogen (secondary N) is 3. The monoisotopic (exact) mass is 1110 g/mol. The van der Waals surface area contributed by atoms with E-state index in [9.17, 15) is 15.3 Å². The summed E-state index contributed by atoms with van der Waals surface area (Å²) in [6.07, 6.45) is 33.7. The van der Waals surface area contributed by atoms with Crippen molar-refractivity contribution >= 4 is 17.4 Å². The van der Waals surface area contributed by atoms with Gasteiger partial charge in [0.25, 0.3) is 0 Å². The van der Waals surface area contributed by atoms with Gasteiger partial charge in [-0.2, -0.15) is 0 Å². The van der Waals surface area contributed by atoms with E-state index in [4.69, 9.17) is 23.9 Å². The number of fused-ring (bicyclic) bond motifs is 11. The Morgan fingerprint density at radius 1 is 0.926 bits per heavy atom. The van der Waals surface area contributed by atoms with Crippen LogP contribution in [0.1, 0.15) is 185 Å². The van der Waals surface area contributed by atoms with E-state index in [1.54, 1.807) is 20.2 Å². The molecule has 7 aliphatic carbocycles. The highest BCUT2D eigenvalue weighted by Crippen LogP contribution is 2.68. The summed E-state index contributed by atoms with van der Waals surface area (Å²) in [4.78, 5) is 20.7. The molecule has 3 aliphatic heterocycles. The molecule has 438 valence electrons. The first-order valence-corrected chi connectivity index (χ1v) is 32.2. The summed E-state index contributed by atoms with van der Waals surface area (Å²) < 4.78 is 27.4. The van der Waals surface area contributed by atoms with Crippen molar-refractivity contribution in [2.45, 2.75) is 203 Å². The smallest absolute Gasteiger partial charge is 0.207 e. The molecule has 4 bridgehead atoms. The van der Waals surface area contributed by atoms with Crippen LogP contribution in [0.3, 0.4) is 0 Å². The van der Waals surface area contributed by atoms with Crippen molar-refractivity contribution in [1.29, 1.82) is 0 Å². The number of phenols is 1. The molecule has 2 spiro atoms. The average molecular weight is 1110 g/mol. The largest absolute Gasteiger partial charge is 0.504 e. The number of aliphatic hydroxyl groups is 2. The van der Waals surface area contributed by atoms with Crippen molar-refractivity contribution in [2.24, 2.45) is 75.0 Å². The zero-order valence-corrected chi connectivity index (χ0v) is 49.2. The molecule has 15 atom stereocenters. The molecule has 0 aromatic heterocycles. The Balaban J connectivity index is 1.03. The fourth-order valence-electron chi connectivity index (χ4n) is 20.0. The number of hydrogen-bond donors (Lipinski definition) is 6. The molecule has 0 amide bonds. The van der Waals surface area contributed by atoms with Gasteiger partial charge in [-0.15, -0.1) is 0 Å². The third-order valence-electron chi connectivity index (χ3n) is 23.6. The Kier molecular flexibility index (Phi) is 16.4. The number of aliphatic hydroxyl groups excluding tert-OH is 1. The number of aromatic hydroxyl groups is 1. The van der Waals surface area contributed by atoms with Gasteiger partial charge < -0.3 is 44.9 Å². The van der Waals surface area contributed by atoms with Crippen molar-refractivity contribution < 1.29 is 39.1 Å². The number of anilines is 1. The van der Waals surface area contributed by atoms with Crippen molar-refractivity contribution in [3.8, 4) is 47.0 Å². The van der Waals surface area contributed by atoms with E-state index in [1.807, 2.05) is 25.3 Å². The Hall–Kier alpha value is -4.72. The summed E-state index contributed by atoms with van der Waals surface area (Å²) in [6, 6.07) is 13.5. The second kappa shape index (κ2) is 23.4. The van der Waals surface area contributed by atoms with Gasteiger partial charge >= 0.3 is 0 Å². The predicted octanol–water partition coefficient (Wildman–Crippen LogP) is 12.1. The van der Waals surface area contributed by atoms with Crippen LogP contribution >= 0.6 is 0 Å². The number of nitrogens with zero attached hydrogens (tertiary/aromatic N) is 1. The predicted molar refractivity (Wildman–Crippen MR) is 317 cm³/mol. The molecule has 7 saturated carbocycles. The average Bonchev–Trinajstić information content (AvgIpc) is 4.46. The number of hydrogen-bond acceptors (Lipinski definition) is 10. The number of allylic oxidation sites excluding steroid dienone is 2. The summed E-state index contributed by atoms with van der Waals surface area (Å²) in [7, 11) is 5.39. The Morgan fingerprint density at radius 2 is 1.79 bits per heavy atom. The molecular formula is C69H94N4O8. The fourth-order valence-corrected chi connectivity index (χ4v) is 20.0.